The van der Waals surface area contributed by atoms with Crippen LogP contribution in [0.1, 0.15) is 10.6 Å². The molecule has 136 valence electrons. The lowest BCUT2D eigenvalue weighted by Crippen LogP contribution is -2.50. The summed E-state index contributed by atoms with van der Waals surface area (Å²) in [5.41, 5.74) is 0.667. The van der Waals surface area contributed by atoms with E-state index in [2.05, 4.69) is 15.9 Å². The van der Waals surface area contributed by atoms with Gasteiger partial charge < -0.3 is 9.32 Å². The Kier molecular flexibility index (Phi) is 4.64. The number of sulfonamides is 1. The summed E-state index contributed by atoms with van der Waals surface area (Å²) in [6.07, 6.45) is 0. The van der Waals surface area contributed by atoms with Gasteiger partial charge in [-0.3, -0.25) is 4.79 Å². The minimum atomic E-state index is -3.52. The van der Waals surface area contributed by atoms with Crippen molar-refractivity contribution in [2.24, 2.45) is 0 Å². The Morgan fingerprint density at radius 2 is 1.81 bits per heavy atom. The number of para-hydroxylation sites is 1. The molecular formula is C17H15BrN2O4S2. The highest BCUT2D eigenvalue weighted by Crippen LogP contribution is 2.29. The van der Waals surface area contributed by atoms with Gasteiger partial charge in [-0.25, -0.2) is 8.42 Å². The number of hydrogen-bond acceptors (Lipinski definition) is 5. The SMILES string of the molecule is O=C(c1cc2ccccc2o1)N1CCN(S(=O)(=O)c2ccc(Br)s2)CC1. The number of amides is 1. The molecule has 3 heterocycles. The minimum Gasteiger partial charge on any atom is -0.451 e. The van der Waals surface area contributed by atoms with Crippen molar-refractivity contribution in [2.45, 2.75) is 4.21 Å². The Morgan fingerprint density at radius 1 is 1.08 bits per heavy atom. The van der Waals surface area contributed by atoms with Crippen LogP contribution < -0.4 is 0 Å². The number of rotatable bonds is 3. The number of hydrogen-bond donors (Lipinski definition) is 0. The zero-order chi connectivity index (χ0) is 18.3. The summed E-state index contributed by atoms with van der Waals surface area (Å²) in [6.45, 7) is 1.21. The van der Waals surface area contributed by atoms with Gasteiger partial charge in [-0.1, -0.05) is 18.2 Å². The van der Waals surface area contributed by atoms with Crippen LogP contribution in [0, 0.1) is 0 Å². The third-order valence-corrected chi connectivity index (χ3v) is 8.29. The van der Waals surface area contributed by atoms with Gasteiger partial charge in [0.15, 0.2) is 5.76 Å². The van der Waals surface area contributed by atoms with Gasteiger partial charge in [0, 0.05) is 31.6 Å². The lowest BCUT2D eigenvalue weighted by molar-refractivity contribution is 0.0668. The van der Waals surface area contributed by atoms with Crippen molar-refractivity contribution in [2.75, 3.05) is 26.2 Å². The van der Waals surface area contributed by atoms with E-state index in [1.54, 1.807) is 23.1 Å². The number of thiophene rings is 1. The zero-order valence-corrected chi connectivity index (χ0v) is 16.8. The van der Waals surface area contributed by atoms with E-state index >= 15 is 0 Å². The van der Waals surface area contributed by atoms with Gasteiger partial charge in [-0.15, -0.1) is 11.3 Å². The quantitative estimate of drug-likeness (QED) is 0.607. The standard InChI is InChI=1S/C17H15BrN2O4S2/c18-15-5-6-16(25-15)26(22,23)20-9-7-19(8-10-20)17(21)14-11-12-3-1-2-4-13(12)24-14/h1-6,11H,7-10H2. The summed E-state index contributed by atoms with van der Waals surface area (Å²) in [6, 6.07) is 12.5. The average molecular weight is 455 g/mol. The molecule has 1 saturated heterocycles. The molecule has 26 heavy (non-hydrogen) atoms. The molecule has 0 bridgehead atoms. The van der Waals surface area contributed by atoms with Crippen molar-refractivity contribution in [1.29, 1.82) is 0 Å². The highest BCUT2D eigenvalue weighted by atomic mass is 79.9. The molecule has 1 fully saturated rings. The maximum Gasteiger partial charge on any atom is 0.289 e. The molecule has 4 rings (SSSR count). The largest absolute Gasteiger partial charge is 0.451 e. The number of benzene rings is 1. The lowest BCUT2D eigenvalue weighted by Gasteiger charge is -2.33. The summed E-state index contributed by atoms with van der Waals surface area (Å²) in [5, 5.41) is 0.875. The molecule has 0 unspecified atom stereocenters. The van der Waals surface area contributed by atoms with Crippen molar-refractivity contribution in [1.82, 2.24) is 9.21 Å². The Labute approximate surface area is 163 Å². The van der Waals surface area contributed by atoms with Crippen molar-refractivity contribution in [3.8, 4) is 0 Å². The molecule has 1 aromatic carbocycles. The molecule has 0 saturated carbocycles. The molecular weight excluding hydrogens is 440 g/mol. The summed E-state index contributed by atoms with van der Waals surface area (Å²) in [4.78, 5) is 14.3. The average Bonchev–Trinajstić information content (AvgIpc) is 3.27. The molecule has 1 aliphatic heterocycles. The molecule has 0 atom stereocenters. The number of piperazine rings is 1. The second kappa shape index (κ2) is 6.80. The van der Waals surface area contributed by atoms with Gasteiger partial charge in [0.05, 0.1) is 3.79 Å². The van der Waals surface area contributed by atoms with Gasteiger partial charge in [-0.05, 0) is 40.2 Å². The fourth-order valence-electron chi connectivity index (χ4n) is 2.94. The predicted octanol–water partition coefficient (Wildman–Crippen LogP) is 3.40. The second-order valence-electron chi connectivity index (χ2n) is 5.90. The number of carbonyl (C=O) groups is 1. The molecule has 1 amide bonds. The summed E-state index contributed by atoms with van der Waals surface area (Å²) in [5.74, 6) is 0.0711. The Morgan fingerprint density at radius 3 is 2.46 bits per heavy atom. The van der Waals surface area contributed by atoms with E-state index in [9.17, 15) is 13.2 Å². The van der Waals surface area contributed by atoms with E-state index in [-0.39, 0.29) is 24.8 Å². The highest BCUT2D eigenvalue weighted by Gasteiger charge is 2.32. The van der Waals surface area contributed by atoms with Crippen LogP contribution in [0.2, 0.25) is 0 Å². The van der Waals surface area contributed by atoms with Crippen LogP contribution >= 0.6 is 27.3 Å². The first kappa shape index (κ1) is 17.7. The van der Waals surface area contributed by atoms with Crippen LogP contribution in [0.5, 0.6) is 0 Å². The van der Waals surface area contributed by atoms with Gasteiger partial charge >= 0.3 is 0 Å². The molecule has 9 heteroatoms. The van der Waals surface area contributed by atoms with Gasteiger partial charge in [0.1, 0.15) is 9.79 Å². The van der Waals surface area contributed by atoms with Crippen LogP contribution in [0.25, 0.3) is 11.0 Å². The molecule has 0 N–H and O–H groups in total. The van der Waals surface area contributed by atoms with Crippen LogP contribution in [0.15, 0.2) is 54.9 Å². The number of furan rings is 1. The summed E-state index contributed by atoms with van der Waals surface area (Å²) < 4.78 is 33.4. The highest BCUT2D eigenvalue weighted by molar-refractivity contribution is 9.11. The lowest BCUT2D eigenvalue weighted by atomic mass is 10.2. The monoisotopic (exact) mass is 454 g/mol. The fourth-order valence-corrected chi connectivity index (χ4v) is 6.52. The topological polar surface area (TPSA) is 70.8 Å². The van der Waals surface area contributed by atoms with E-state index in [1.165, 1.54) is 15.6 Å². The normalized spacial score (nSPS) is 16.3. The van der Waals surface area contributed by atoms with Gasteiger partial charge in [-0.2, -0.15) is 4.31 Å². The smallest absolute Gasteiger partial charge is 0.289 e. The first-order chi connectivity index (χ1) is 12.4. The third-order valence-electron chi connectivity index (χ3n) is 4.30. The van der Waals surface area contributed by atoms with E-state index in [0.29, 0.717) is 22.9 Å². The fraction of sp³-hybridized carbons (Fsp3) is 0.235. The van der Waals surface area contributed by atoms with Gasteiger partial charge in [0.2, 0.25) is 0 Å². The van der Waals surface area contributed by atoms with Crippen molar-refractivity contribution < 1.29 is 17.6 Å². The number of fused-ring (bicyclic) bond motifs is 1. The number of carbonyl (C=O) groups excluding carboxylic acids is 1. The third kappa shape index (κ3) is 3.20. The van der Waals surface area contributed by atoms with Crippen LogP contribution in [0.3, 0.4) is 0 Å². The van der Waals surface area contributed by atoms with Crippen LogP contribution in [-0.4, -0.2) is 49.7 Å². The summed E-state index contributed by atoms with van der Waals surface area (Å²) >= 11 is 4.48. The maximum atomic E-state index is 12.7. The zero-order valence-electron chi connectivity index (χ0n) is 13.6. The van der Waals surface area contributed by atoms with E-state index in [0.717, 1.165) is 9.17 Å². The molecule has 0 spiro atoms. The molecule has 0 radical (unpaired) electrons. The molecule has 3 aromatic rings. The van der Waals surface area contributed by atoms with Gasteiger partial charge in [0.25, 0.3) is 15.9 Å². The number of halogens is 1. The van der Waals surface area contributed by atoms with Crippen molar-refractivity contribution in [3.05, 3.63) is 52.0 Å². The Hall–Kier alpha value is -1.68. The first-order valence-electron chi connectivity index (χ1n) is 7.98. The molecule has 2 aromatic heterocycles. The van der Waals surface area contributed by atoms with Crippen LogP contribution in [0.4, 0.5) is 0 Å². The maximum absolute atomic E-state index is 12.7. The first-order valence-corrected chi connectivity index (χ1v) is 11.0. The Balaban J connectivity index is 1.47. The number of nitrogens with zero attached hydrogens (tertiary/aromatic N) is 2. The summed E-state index contributed by atoms with van der Waals surface area (Å²) in [7, 11) is -3.52. The van der Waals surface area contributed by atoms with Crippen LogP contribution in [-0.2, 0) is 10.0 Å². The Bertz CT molecular complexity index is 1030. The van der Waals surface area contributed by atoms with E-state index in [1.807, 2.05) is 24.3 Å². The molecule has 0 aliphatic carbocycles. The van der Waals surface area contributed by atoms with Crippen molar-refractivity contribution in [3.63, 3.8) is 0 Å². The molecule has 1 aliphatic rings. The minimum absolute atomic E-state index is 0.211. The second-order valence-corrected chi connectivity index (χ2v) is 10.5. The van der Waals surface area contributed by atoms with E-state index < -0.39 is 10.0 Å². The van der Waals surface area contributed by atoms with E-state index in [4.69, 9.17) is 4.42 Å². The van der Waals surface area contributed by atoms with Crippen molar-refractivity contribution >= 4 is 54.2 Å². The molecule has 6 nitrogen and oxygen atoms in total. The predicted molar refractivity (Wildman–Crippen MR) is 103 cm³/mol.